The van der Waals surface area contributed by atoms with E-state index in [0.29, 0.717) is 6.61 Å². The molecule has 1 aromatic rings. The van der Waals surface area contributed by atoms with Crippen molar-refractivity contribution in [2.24, 2.45) is 0 Å². The summed E-state index contributed by atoms with van der Waals surface area (Å²) in [7, 11) is 0. The molecule has 2 nitrogen and oxygen atoms in total. The number of fused-ring (bicyclic) bond motifs is 1. The summed E-state index contributed by atoms with van der Waals surface area (Å²) in [6.07, 6.45) is 0. The van der Waals surface area contributed by atoms with Crippen molar-refractivity contribution in [1.29, 1.82) is 0 Å². The van der Waals surface area contributed by atoms with Crippen LogP contribution in [0.15, 0.2) is 16.6 Å². The second kappa shape index (κ2) is 3.27. The Hall–Kier alpha value is -0.610. The van der Waals surface area contributed by atoms with E-state index in [9.17, 15) is 0 Å². The lowest BCUT2D eigenvalue weighted by Gasteiger charge is -2.20. The first kappa shape index (κ1) is 8.97. The molecule has 1 aliphatic heterocycles. The van der Waals surface area contributed by atoms with E-state index in [4.69, 9.17) is 17.0 Å². The van der Waals surface area contributed by atoms with Crippen LogP contribution in [0.3, 0.4) is 0 Å². The third-order valence-electron chi connectivity index (χ3n) is 1.89. The maximum Gasteiger partial charge on any atom is 0.144 e. The molecule has 0 atom stereocenters. The van der Waals surface area contributed by atoms with Gasteiger partial charge in [-0.1, -0.05) is 28.1 Å². The molecule has 0 amide bonds. The molecule has 0 radical (unpaired) electrons. The van der Waals surface area contributed by atoms with Gasteiger partial charge in [-0.15, -0.1) is 0 Å². The fourth-order valence-corrected chi connectivity index (χ4v) is 1.70. The Morgan fingerprint density at radius 1 is 1.54 bits per heavy atom. The molecule has 1 aliphatic rings. The van der Waals surface area contributed by atoms with Gasteiger partial charge in [-0.25, -0.2) is 0 Å². The fourth-order valence-electron chi connectivity index (χ4n) is 1.21. The third kappa shape index (κ3) is 1.69. The molecule has 0 saturated carbocycles. The molecule has 2 rings (SSSR count). The summed E-state index contributed by atoms with van der Waals surface area (Å²) >= 11 is 8.46. The van der Waals surface area contributed by atoms with Crippen LogP contribution in [0.25, 0.3) is 0 Å². The predicted molar refractivity (Wildman–Crippen MR) is 60.6 cm³/mol. The maximum atomic E-state index is 5.44. The number of anilines is 1. The number of aryl methyl sites for hydroxylation is 1. The molecule has 1 N–H and O–H groups in total. The smallest absolute Gasteiger partial charge is 0.144 e. The Bertz CT molecular complexity index is 378. The van der Waals surface area contributed by atoms with E-state index in [0.717, 1.165) is 20.9 Å². The second-order valence-corrected chi connectivity index (χ2v) is 4.28. The van der Waals surface area contributed by atoms with Crippen molar-refractivity contribution in [3.05, 3.63) is 22.2 Å². The highest BCUT2D eigenvalue weighted by molar-refractivity contribution is 9.10. The fraction of sp³-hybridized carbons (Fsp3) is 0.222. The van der Waals surface area contributed by atoms with Crippen molar-refractivity contribution < 1.29 is 4.74 Å². The van der Waals surface area contributed by atoms with Gasteiger partial charge in [-0.3, -0.25) is 0 Å². The van der Waals surface area contributed by atoms with Gasteiger partial charge in [0.1, 0.15) is 17.3 Å². The van der Waals surface area contributed by atoms with E-state index in [1.165, 1.54) is 5.56 Å². The van der Waals surface area contributed by atoms with Crippen LogP contribution in [0.5, 0.6) is 5.75 Å². The minimum atomic E-state index is 0.470. The number of ether oxygens (including phenoxy) is 1. The maximum absolute atomic E-state index is 5.44. The van der Waals surface area contributed by atoms with Gasteiger partial charge in [0, 0.05) is 4.47 Å². The Balaban J connectivity index is 2.49. The zero-order valence-corrected chi connectivity index (χ0v) is 9.46. The van der Waals surface area contributed by atoms with Crippen molar-refractivity contribution >= 4 is 38.8 Å². The summed E-state index contributed by atoms with van der Waals surface area (Å²) in [5.74, 6) is 0.853. The Morgan fingerprint density at radius 3 is 3.08 bits per heavy atom. The minimum absolute atomic E-state index is 0.470. The second-order valence-electron chi connectivity index (χ2n) is 2.93. The van der Waals surface area contributed by atoms with Crippen molar-refractivity contribution in [1.82, 2.24) is 0 Å². The normalized spacial score (nSPS) is 14.5. The molecular formula is C9H8BrNOS. The van der Waals surface area contributed by atoms with Crippen LogP contribution in [0.1, 0.15) is 5.56 Å². The summed E-state index contributed by atoms with van der Waals surface area (Å²) in [4.78, 5) is 0.731. The van der Waals surface area contributed by atoms with Crippen molar-refractivity contribution in [3.63, 3.8) is 0 Å². The highest BCUT2D eigenvalue weighted by Crippen LogP contribution is 2.33. The molecule has 0 saturated heterocycles. The topological polar surface area (TPSA) is 21.3 Å². The molecule has 0 aromatic heterocycles. The molecule has 13 heavy (non-hydrogen) atoms. The van der Waals surface area contributed by atoms with E-state index >= 15 is 0 Å². The minimum Gasteiger partial charge on any atom is -0.484 e. The van der Waals surface area contributed by atoms with Crippen LogP contribution >= 0.6 is 28.1 Å². The molecule has 0 aliphatic carbocycles. The average molecular weight is 258 g/mol. The first-order chi connectivity index (χ1) is 6.16. The van der Waals surface area contributed by atoms with Crippen molar-refractivity contribution in [2.75, 3.05) is 11.9 Å². The molecule has 1 aromatic carbocycles. The van der Waals surface area contributed by atoms with Gasteiger partial charge in [0.25, 0.3) is 0 Å². The number of hydrogen-bond acceptors (Lipinski definition) is 2. The monoisotopic (exact) mass is 257 g/mol. The molecular weight excluding hydrogens is 250 g/mol. The van der Waals surface area contributed by atoms with Crippen LogP contribution < -0.4 is 10.1 Å². The number of benzene rings is 1. The van der Waals surface area contributed by atoms with Crippen LogP contribution in [0.4, 0.5) is 5.69 Å². The number of rotatable bonds is 0. The predicted octanol–water partition coefficient (Wildman–Crippen LogP) is 2.89. The quantitative estimate of drug-likeness (QED) is 0.723. The first-order valence-corrected chi connectivity index (χ1v) is 5.10. The summed E-state index contributed by atoms with van der Waals surface area (Å²) in [5.41, 5.74) is 2.12. The highest BCUT2D eigenvalue weighted by Gasteiger charge is 2.14. The zero-order chi connectivity index (χ0) is 9.42. The molecule has 4 heteroatoms. The molecule has 0 unspecified atom stereocenters. The van der Waals surface area contributed by atoms with Crippen LogP contribution in [-0.2, 0) is 0 Å². The van der Waals surface area contributed by atoms with E-state index in [1.807, 2.05) is 19.1 Å². The lowest BCUT2D eigenvalue weighted by molar-refractivity contribution is 0.374. The van der Waals surface area contributed by atoms with Crippen molar-refractivity contribution in [2.45, 2.75) is 6.92 Å². The largest absolute Gasteiger partial charge is 0.484 e. The van der Waals surface area contributed by atoms with Gasteiger partial charge in [0.15, 0.2) is 0 Å². The number of thiocarbonyl (C=S) groups is 1. The van der Waals surface area contributed by atoms with E-state index in [1.54, 1.807) is 0 Å². The van der Waals surface area contributed by atoms with Gasteiger partial charge in [0.2, 0.25) is 0 Å². The lowest BCUT2D eigenvalue weighted by Crippen LogP contribution is -2.23. The van der Waals surface area contributed by atoms with Gasteiger partial charge in [-0.2, -0.15) is 0 Å². The zero-order valence-electron chi connectivity index (χ0n) is 7.06. The summed E-state index contributed by atoms with van der Waals surface area (Å²) in [6, 6.07) is 3.98. The Kier molecular flexibility index (Phi) is 2.26. The van der Waals surface area contributed by atoms with E-state index < -0.39 is 0 Å². The molecule has 0 bridgehead atoms. The lowest BCUT2D eigenvalue weighted by atomic mass is 10.2. The standard InChI is InChI=1S/C9H8BrNOS/c1-5-2-7-8(3-6(5)10)12-4-9(13)11-7/h2-3H,4H2,1H3,(H,11,13). The van der Waals surface area contributed by atoms with Gasteiger partial charge in [0.05, 0.1) is 5.69 Å². The summed E-state index contributed by atoms with van der Waals surface area (Å²) in [5, 5.41) is 3.11. The van der Waals surface area contributed by atoms with E-state index in [2.05, 4.69) is 21.2 Å². The number of nitrogens with one attached hydrogen (secondary N) is 1. The van der Waals surface area contributed by atoms with Crippen LogP contribution in [0, 0.1) is 6.92 Å². The van der Waals surface area contributed by atoms with Gasteiger partial charge < -0.3 is 10.1 Å². The summed E-state index contributed by atoms with van der Waals surface area (Å²) < 4.78 is 6.49. The highest BCUT2D eigenvalue weighted by atomic mass is 79.9. The Morgan fingerprint density at radius 2 is 2.31 bits per heavy atom. The average Bonchev–Trinajstić information content (AvgIpc) is 2.08. The van der Waals surface area contributed by atoms with Gasteiger partial charge in [-0.05, 0) is 24.6 Å². The van der Waals surface area contributed by atoms with Crippen LogP contribution in [0.2, 0.25) is 0 Å². The SMILES string of the molecule is Cc1cc2c(cc1Br)OCC(=S)N2. The Labute approximate surface area is 90.4 Å². The molecule has 1 heterocycles. The number of halogens is 1. The number of hydrogen-bond donors (Lipinski definition) is 1. The van der Waals surface area contributed by atoms with E-state index in [-0.39, 0.29) is 0 Å². The molecule has 0 spiro atoms. The third-order valence-corrected chi connectivity index (χ3v) is 2.97. The summed E-state index contributed by atoms with van der Waals surface area (Å²) in [6.45, 7) is 2.50. The first-order valence-electron chi connectivity index (χ1n) is 3.89. The van der Waals surface area contributed by atoms with Gasteiger partial charge >= 0.3 is 0 Å². The molecule has 68 valence electrons. The van der Waals surface area contributed by atoms with Crippen molar-refractivity contribution in [3.8, 4) is 5.75 Å². The molecule has 0 fully saturated rings. The van der Waals surface area contributed by atoms with Crippen LogP contribution in [-0.4, -0.2) is 11.6 Å².